The van der Waals surface area contributed by atoms with Crippen LogP contribution in [0.4, 0.5) is 13.2 Å². The average Bonchev–Trinajstić information content (AvgIpc) is 2.48. The molecule has 1 saturated carbocycles. The Kier molecular flexibility index (Phi) is 6.60. The van der Waals surface area contributed by atoms with Gasteiger partial charge in [-0.1, -0.05) is 30.1 Å². The third kappa shape index (κ3) is 5.24. The van der Waals surface area contributed by atoms with Crippen molar-refractivity contribution in [3.63, 3.8) is 0 Å². The van der Waals surface area contributed by atoms with Crippen LogP contribution in [-0.2, 0) is 16.1 Å². The van der Waals surface area contributed by atoms with Gasteiger partial charge in [-0.05, 0) is 25.1 Å². The number of aliphatic hydroxyl groups is 1. The van der Waals surface area contributed by atoms with Crippen molar-refractivity contribution in [3.8, 4) is 0 Å². The number of carbonyl (C=O) groups excluding carboxylic acids is 2. The Balaban J connectivity index is 2.43. The second kappa shape index (κ2) is 8.20. The minimum Gasteiger partial charge on any atom is -0.506 e. The summed E-state index contributed by atoms with van der Waals surface area (Å²) in [7, 11) is 1.25. The zero-order valence-corrected chi connectivity index (χ0v) is 16.2. The normalized spacial score (nSPS) is 18.4. The lowest BCUT2D eigenvalue weighted by atomic mass is 9.83. The molecule has 0 aliphatic heterocycles. The lowest BCUT2D eigenvalue weighted by Crippen LogP contribution is -2.30. The fraction of sp³-hybridized carbons (Fsp3) is 0.444. The first-order valence-electron chi connectivity index (χ1n) is 8.13. The maximum Gasteiger partial charge on any atom is 0.401 e. The van der Waals surface area contributed by atoms with Crippen LogP contribution in [0.5, 0.6) is 0 Å². The van der Waals surface area contributed by atoms with Gasteiger partial charge < -0.3 is 5.11 Å². The highest BCUT2D eigenvalue weighted by atomic mass is 35.5. The molecule has 4 nitrogen and oxygen atoms in total. The van der Waals surface area contributed by atoms with Crippen LogP contribution in [0.1, 0.15) is 30.9 Å². The minimum atomic E-state index is -4.40. The van der Waals surface area contributed by atoms with Crippen molar-refractivity contribution in [2.24, 2.45) is 5.92 Å². The van der Waals surface area contributed by atoms with Gasteiger partial charge in [0.25, 0.3) is 0 Å². The molecule has 0 heterocycles. The van der Waals surface area contributed by atoms with Gasteiger partial charge in [0, 0.05) is 35.5 Å². The first-order chi connectivity index (χ1) is 12.4. The van der Waals surface area contributed by atoms with Crippen LogP contribution in [0.3, 0.4) is 0 Å². The quantitative estimate of drug-likeness (QED) is 0.428. The smallest absolute Gasteiger partial charge is 0.401 e. The van der Waals surface area contributed by atoms with E-state index < -0.39 is 30.0 Å². The number of hydrogen-bond acceptors (Lipinski definition) is 4. The van der Waals surface area contributed by atoms with Crippen LogP contribution in [0.2, 0.25) is 10.0 Å². The molecule has 1 aliphatic rings. The summed E-state index contributed by atoms with van der Waals surface area (Å²) in [6.45, 7) is 0.353. The summed E-state index contributed by atoms with van der Waals surface area (Å²) in [6, 6.07) is 2.69. The molecule has 0 aromatic heterocycles. The molecule has 1 aromatic carbocycles. The maximum atomic E-state index is 12.5. The van der Waals surface area contributed by atoms with Gasteiger partial charge in [0.1, 0.15) is 11.3 Å². The Morgan fingerprint density at radius 2 is 1.78 bits per heavy atom. The van der Waals surface area contributed by atoms with Gasteiger partial charge in [-0.2, -0.15) is 13.2 Å². The maximum absolute atomic E-state index is 12.5. The zero-order valence-electron chi connectivity index (χ0n) is 14.7. The van der Waals surface area contributed by atoms with E-state index in [0.717, 1.165) is 4.90 Å². The lowest BCUT2D eigenvalue weighted by molar-refractivity contribution is -0.144. The van der Waals surface area contributed by atoms with E-state index in [1.165, 1.54) is 19.2 Å². The second-order valence-corrected chi connectivity index (χ2v) is 7.54. The molecule has 0 spiro atoms. The predicted molar refractivity (Wildman–Crippen MR) is 96.8 cm³/mol. The third-order valence-corrected chi connectivity index (χ3v) is 4.97. The number of aliphatic hydroxyl groups excluding tert-OH is 1. The van der Waals surface area contributed by atoms with E-state index >= 15 is 0 Å². The van der Waals surface area contributed by atoms with E-state index in [1.54, 1.807) is 6.92 Å². The van der Waals surface area contributed by atoms with Gasteiger partial charge in [0.2, 0.25) is 0 Å². The Hall–Kier alpha value is -1.57. The first-order valence-corrected chi connectivity index (χ1v) is 8.88. The number of benzene rings is 1. The molecule has 0 atom stereocenters. The number of halogens is 5. The van der Waals surface area contributed by atoms with E-state index in [4.69, 9.17) is 23.2 Å². The zero-order chi connectivity index (χ0) is 20.5. The summed E-state index contributed by atoms with van der Waals surface area (Å²) >= 11 is 12.3. The standard InChI is InChI=1S/C18H18Cl2F3NO3/c1-9-5-13(25)15(14(26)6-9)17(27)10-3-4-12(19)11(16(10)20)7-24(2)8-18(21,22)23/h3-4,9,27H,5-8H2,1-2H3. The van der Waals surface area contributed by atoms with Gasteiger partial charge in [-0.25, -0.2) is 0 Å². The summed E-state index contributed by atoms with van der Waals surface area (Å²) < 4.78 is 37.6. The molecule has 0 amide bonds. The molecule has 0 unspecified atom stereocenters. The fourth-order valence-corrected chi connectivity index (χ4v) is 3.60. The summed E-state index contributed by atoms with van der Waals surface area (Å²) in [5.74, 6) is -1.66. The van der Waals surface area contributed by atoms with Crippen molar-refractivity contribution in [1.29, 1.82) is 0 Å². The van der Waals surface area contributed by atoms with Crippen LogP contribution >= 0.6 is 23.2 Å². The molecular weight excluding hydrogens is 406 g/mol. The lowest BCUT2D eigenvalue weighted by Gasteiger charge is -2.22. The molecule has 0 saturated heterocycles. The number of carbonyl (C=O) groups is 2. The molecule has 1 N–H and O–H groups in total. The highest BCUT2D eigenvalue weighted by Crippen LogP contribution is 2.36. The Morgan fingerprint density at radius 1 is 1.22 bits per heavy atom. The van der Waals surface area contributed by atoms with Crippen LogP contribution in [0, 0.1) is 5.92 Å². The van der Waals surface area contributed by atoms with Crippen LogP contribution < -0.4 is 0 Å². The monoisotopic (exact) mass is 423 g/mol. The number of nitrogens with zero attached hydrogens (tertiary/aromatic N) is 1. The first kappa shape index (κ1) is 21.7. The van der Waals surface area contributed by atoms with Crippen LogP contribution in [0.25, 0.3) is 5.76 Å². The van der Waals surface area contributed by atoms with Crippen molar-refractivity contribution < 1.29 is 27.9 Å². The molecule has 1 aromatic rings. The van der Waals surface area contributed by atoms with E-state index in [9.17, 15) is 27.9 Å². The highest BCUT2D eigenvalue weighted by molar-refractivity contribution is 6.37. The van der Waals surface area contributed by atoms with Gasteiger partial charge in [0.15, 0.2) is 11.6 Å². The molecule has 1 fully saturated rings. The number of alkyl halides is 3. The SMILES string of the molecule is CC1CC(=O)C(=C(O)c2ccc(Cl)c(CN(C)CC(F)(F)F)c2Cl)C(=O)C1. The topological polar surface area (TPSA) is 57.6 Å². The second-order valence-electron chi connectivity index (χ2n) is 6.76. The van der Waals surface area contributed by atoms with Gasteiger partial charge in [0.05, 0.1) is 11.6 Å². The summed E-state index contributed by atoms with van der Waals surface area (Å²) in [5.41, 5.74) is -0.173. The molecule has 1 aliphatic carbocycles. The molecule has 148 valence electrons. The number of hydrogen-bond donors (Lipinski definition) is 1. The van der Waals surface area contributed by atoms with Crippen molar-refractivity contribution in [2.45, 2.75) is 32.5 Å². The predicted octanol–water partition coefficient (Wildman–Crippen LogP) is 4.82. The number of ketones is 2. The van der Waals surface area contributed by atoms with E-state index in [1.807, 2.05) is 0 Å². The van der Waals surface area contributed by atoms with Crippen LogP contribution in [-0.4, -0.2) is 41.3 Å². The van der Waals surface area contributed by atoms with Gasteiger partial charge in [-0.15, -0.1) is 0 Å². The number of allylic oxidation sites excluding steroid dienone is 1. The molecule has 0 radical (unpaired) electrons. The largest absolute Gasteiger partial charge is 0.506 e. The fourth-order valence-electron chi connectivity index (χ4n) is 3.02. The molecule has 0 bridgehead atoms. The van der Waals surface area contributed by atoms with Gasteiger partial charge >= 0.3 is 6.18 Å². The molecule has 27 heavy (non-hydrogen) atoms. The van der Waals surface area contributed by atoms with Crippen molar-refractivity contribution in [3.05, 3.63) is 38.9 Å². The van der Waals surface area contributed by atoms with Crippen molar-refractivity contribution >= 4 is 40.5 Å². The number of Topliss-reactive ketones (excluding diaryl/α,β-unsaturated/α-hetero) is 2. The Labute approximate surface area is 164 Å². The van der Waals surface area contributed by atoms with E-state index in [-0.39, 0.29) is 52.0 Å². The van der Waals surface area contributed by atoms with Crippen molar-refractivity contribution in [1.82, 2.24) is 4.90 Å². The van der Waals surface area contributed by atoms with Crippen LogP contribution in [0.15, 0.2) is 17.7 Å². The Bertz CT molecular complexity index is 786. The summed E-state index contributed by atoms with van der Waals surface area (Å²) in [6.07, 6.45) is -4.15. The minimum absolute atomic E-state index is 0.0114. The summed E-state index contributed by atoms with van der Waals surface area (Å²) in [5, 5.41) is 10.5. The average molecular weight is 424 g/mol. The molecule has 2 rings (SSSR count). The highest BCUT2D eigenvalue weighted by Gasteiger charge is 2.33. The number of rotatable bonds is 4. The molecule has 9 heteroatoms. The summed E-state index contributed by atoms with van der Waals surface area (Å²) in [4.78, 5) is 25.3. The van der Waals surface area contributed by atoms with E-state index in [0.29, 0.717) is 0 Å². The molecular formula is C18H18Cl2F3NO3. The van der Waals surface area contributed by atoms with Crippen molar-refractivity contribution in [2.75, 3.05) is 13.6 Å². The third-order valence-electron chi connectivity index (χ3n) is 4.18. The van der Waals surface area contributed by atoms with E-state index in [2.05, 4.69) is 0 Å². The van der Waals surface area contributed by atoms with Gasteiger partial charge in [-0.3, -0.25) is 14.5 Å². The Morgan fingerprint density at radius 3 is 2.30 bits per heavy atom.